The Morgan fingerprint density at radius 1 is 0.944 bits per heavy atom. The first-order valence-electron chi connectivity index (χ1n) is 7.21. The van der Waals surface area contributed by atoms with E-state index in [1.165, 1.54) is 57.1 Å². The summed E-state index contributed by atoms with van der Waals surface area (Å²) in [6.45, 7) is 2.93. The number of rotatable bonds is 10. The fourth-order valence-corrected chi connectivity index (χ4v) is 1.98. The molecule has 1 rings (SSSR count). The number of hydrogen-bond donors (Lipinski definition) is 0. The normalized spacial score (nSPS) is 10.6. The fourth-order valence-electron chi connectivity index (χ4n) is 1.98. The molecule has 0 saturated heterocycles. The molecular weight excluding hydrogens is 227 g/mol. The van der Waals surface area contributed by atoms with Crippen LogP contribution in [0.15, 0.2) is 24.3 Å². The van der Waals surface area contributed by atoms with Gasteiger partial charge in [-0.15, -0.1) is 0 Å². The lowest BCUT2D eigenvalue weighted by atomic mass is 10.1. The van der Waals surface area contributed by atoms with Crippen molar-refractivity contribution in [3.8, 4) is 5.75 Å². The van der Waals surface area contributed by atoms with Gasteiger partial charge < -0.3 is 4.74 Å². The van der Waals surface area contributed by atoms with Crippen LogP contribution in [-0.4, -0.2) is 6.61 Å². The van der Waals surface area contributed by atoms with Gasteiger partial charge in [-0.25, -0.2) is 4.39 Å². The third-order valence-corrected chi connectivity index (χ3v) is 3.06. The lowest BCUT2D eigenvalue weighted by Crippen LogP contribution is -1.97. The van der Waals surface area contributed by atoms with Crippen LogP contribution in [0.4, 0.5) is 4.39 Å². The van der Waals surface area contributed by atoms with Gasteiger partial charge >= 0.3 is 0 Å². The van der Waals surface area contributed by atoms with Gasteiger partial charge in [0.1, 0.15) is 11.6 Å². The molecule has 0 amide bonds. The predicted molar refractivity (Wildman–Crippen MR) is 74.5 cm³/mol. The Morgan fingerprint density at radius 3 is 2.28 bits per heavy atom. The molecule has 1 nitrogen and oxygen atoms in total. The number of ether oxygens (including phenoxy) is 1. The molecule has 0 aliphatic heterocycles. The molecule has 0 bridgehead atoms. The summed E-state index contributed by atoms with van der Waals surface area (Å²) in [6.07, 6.45) is 10.3. The molecule has 0 radical (unpaired) electrons. The standard InChI is InChI=1S/C16H25FO/c1-2-3-4-5-6-7-8-9-13-18-16-12-10-11-15(17)14-16/h10-12,14H,2-9,13H2,1H3. The van der Waals surface area contributed by atoms with Gasteiger partial charge in [0.15, 0.2) is 0 Å². The van der Waals surface area contributed by atoms with Crippen molar-refractivity contribution in [2.24, 2.45) is 0 Å². The first-order valence-corrected chi connectivity index (χ1v) is 7.21. The van der Waals surface area contributed by atoms with Crippen LogP contribution in [0, 0.1) is 5.82 Å². The highest BCUT2D eigenvalue weighted by molar-refractivity contribution is 5.22. The highest BCUT2D eigenvalue weighted by Gasteiger charge is 1.96. The Labute approximate surface area is 110 Å². The van der Waals surface area contributed by atoms with Crippen molar-refractivity contribution in [2.45, 2.75) is 58.3 Å². The van der Waals surface area contributed by atoms with E-state index >= 15 is 0 Å². The number of hydrogen-bond acceptors (Lipinski definition) is 1. The zero-order valence-corrected chi connectivity index (χ0v) is 11.5. The Kier molecular flexibility index (Phi) is 8.28. The van der Waals surface area contributed by atoms with Gasteiger partial charge in [0.25, 0.3) is 0 Å². The van der Waals surface area contributed by atoms with Gasteiger partial charge in [0.2, 0.25) is 0 Å². The topological polar surface area (TPSA) is 9.23 Å². The summed E-state index contributed by atoms with van der Waals surface area (Å²) in [7, 11) is 0. The average molecular weight is 252 g/mol. The van der Waals surface area contributed by atoms with E-state index < -0.39 is 0 Å². The Balaban J connectivity index is 1.92. The van der Waals surface area contributed by atoms with Crippen LogP contribution in [0.1, 0.15) is 58.3 Å². The molecule has 0 spiro atoms. The second-order valence-electron chi connectivity index (χ2n) is 4.78. The van der Waals surface area contributed by atoms with Crippen LogP contribution >= 0.6 is 0 Å². The molecule has 0 fully saturated rings. The summed E-state index contributed by atoms with van der Waals surface area (Å²) in [5.41, 5.74) is 0. The highest BCUT2D eigenvalue weighted by Crippen LogP contribution is 2.13. The monoisotopic (exact) mass is 252 g/mol. The molecule has 0 heterocycles. The van der Waals surface area contributed by atoms with E-state index in [4.69, 9.17) is 4.74 Å². The molecule has 1 aromatic carbocycles. The van der Waals surface area contributed by atoms with E-state index in [1.807, 2.05) is 0 Å². The first kappa shape index (κ1) is 15.0. The Morgan fingerprint density at radius 2 is 1.61 bits per heavy atom. The van der Waals surface area contributed by atoms with Gasteiger partial charge in [0, 0.05) is 6.07 Å². The maximum absolute atomic E-state index is 12.9. The number of halogens is 1. The van der Waals surface area contributed by atoms with Gasteiger partial charge in [0.05, 0.1) is 6.61 Å². The molecule has 0 aliphatic carbocycles. The Bertz CT molecular complexity index is 312. The largest absolute Gasteiger partial charge is 0.493 e. The van der Waals surface area contributed by atoms with E-state index in [9.17, 15) is 4.39 Å². The molecule has 2 heteroatoms. The van der Waals surface area contributed by atoms with Crippen LogP contribution in [0.3, 0.4) is 0 Å². The summed E-state index contributed by atoms with van der Waals surface area (Å²) in [5.74, 6) is 0.404. The third kappa shape index (κ3) is 7.31. The maximum Gasteiger partial charge on any atom is 0.126 e. The van der Waals surface area contributed by atoms with Gasteiger partial charge in [-0.1, -0.05) is 57.9 Å². The zero-order valence-electron chi connectivity index (χ0n) is 11.5. The fraction of sp³-hybridized carbons (Fsp3) is 0.625. The molecule has 1 aromatic rings. The summed E-state index contributed by atoms with van der Waals surface area (Å²) >= 11 is 0. The van der Waals surface area contributed by atoms with Crippen LogP contribution in [0.2, 0.25) is 0 Å². The minimum Gasteiger partial charge on any atom is -0.493 e. The summed E-state index contributed by atoms with van der Waals surface area (Å²) in [4.78, 5) is 0. The minimum atomic E-state index is -0.233. The second-order valence-corrected chi connectivity index (χ2v) is 4.78. The third-order valence-electron chi connectivity index (χ3n) is 3.06. The first-order chi connectivity index (χ1) is 8.83. The lowest BCUT2D eigenvalue weighted by Gasteiger charge is -2.06. The van der Waals surface area contributed by atoms with E-state index in [2.05, 4.69) is 6.92 Å². The summed E-state index contributed by atoms with van der Waals surface area (Å²) in [6, 6.07) is 6.35. The minimum absolute atomic E-state index is 0.233. The van der Waals surface area contributed by atoms with Crippen molar-refractivity contribution < 1.29 is 9.13 Å². The molecule has 18 heavy (non-hydrogen) atoms. The molecule has 0 saturated carbocycles. The molecule has 0 aliphatic rings. The molecule has 102 valence electrons. The molecule has 0 N–H and O–H groups in total. The van der Waals surface area contributed by atoms with Crippen molar-refractivity contribution in [3.63, 3.8) is 0 Å². The van der Waals surface area contributed by atoms with Gasteiger partial charge in [-0.05, 0) is 18.6 Å². The second kappa shape index (κ2) is 9.93. The van der Waals surface area contributed by atoms with E-state index in [0.29, 0.717) is 12.4 Å². The van der Waals surface area contributed by atoms with Crippen molar-refractivity contribution in [1.29, 1.82) is 0 Å². The SMILES string of the molecule is CCCCCCCCCCOc1cccc(F)c1. The van der Waals surface area contributed by atoms with Crippen LogP contribution < -0.4 is 4.74 Å². The number of benzene rings is 1. The molecule has 0 unspecified atom stereocenters. The maximum atomic E-state index is 12.9. The smallest absolute Gasteiger partial charge is 0.126 e. The van der Waals surface area contributed by atoms with Crippen molar-refractivity contribution >= 4 is 0 Å². The molecular formula is C16H25FO. The van der Waals surface area contributed by atoms with Crippen LogP contribution in [-0.2, 0) is 0 Å². The summed E-state index contributed by atoms with van der Waals surface area (Å²) in [5, 5.41) is 0. The zero-order chi connectivity index (χ0) is 13.1. The van der Waals surface area contributed by atoms with Crippen molar-refractivity contribution in [3.05, 3.63) is 30.1 Å². The summed E-state index contributed by atoms with van der Waals surface area (Å²) < 4.78 is 18.4. The van der Waals surface area contributed by atoms with E-state index in [-0.39, 0.29) is 5.82 Å². The van der Waals surface area contributed by atoms with E-state index in [0.717, 1.165) is 6.42 Å². The van der Waals surface area contributed by atoms with Crippen molar-refractivity contribution in [1.82, 2.24) is 0 Å². The number of unbranched alkanes of at least 4 members (excludes halogenated alkanes) is 7. The highest BCUT2D eigenvalue weighted by atomic mass is 19.1. The van der Waals surface area contributed by atoms with E-state index in [1.54, 1.807) is 12.1 Å². The van der Waals surface area contributed by atoms with Gasteiger partial charge in [-0.2, -0.15) is 0 Å². The lowest BCUT2D eigenvalue weighted by molar-refractivity contribution is 0.303. The van der Waals surface area contributed by atoms with Crippen molar-refractivity contribution in [2.75, 3.05) is 6.61 Å². The van der Waals surface area contributed by atoms with Crippen LogP contribution in [0.25, 0.3) is 0 Å². The van der Waals surface area contributed by atoms with Crippen LogP contribution in [0.5, 0.6) is 5.75 Å². The quantitative estimate of drug-likeness (QED) is 0.510. The molecule has 0 aromatic heterocycles. The van der Waals surface area contributed by atoms with Gasteiger partial charge in [-0.3, -0.25) is 0 Å². The Hall–Kier alpha value is -1.05. The average Bonchev–Trinajstić information content (AvgIpc) is 2.37. The molecule has 0 atom stereocenters. The predicted octanol–water partition coefficient (Wildman–Crippen LogP) is 5.35.